The molecule has 2 amide bonds. The van der Waals surface area contributed by atoms with Crippen molar-refractivity contribution in [3.63, 3.8) is 0 Å². The number of hydrogen-bond acceptors (Lipinski definition) is 9. The molecule has 9 rings (SSSR count). The first kappa shape index (κ1) is 50.0. The lowest BCUT2D eigenvalue weighted by molar-refractivity contribution is 0.0469. The summed E-state index contributed by atoms with van der Waals surface area (Å²) in [4.78, 5) is 58.2. The second kappa shape index (κ2) is 24.4. The highest BCUT2D eigenvalue weighted by Crippen LogP contribution is 2.38. The summed E-state index contributed by atoms with van der Waals surface area (Å²) in [6.07, 6.45) is 2.38. The predicted molar refractivity (Wildman–Crippen MR) is 284 cm³/mol. The van der Waals surface area contributed by atoms with Gasteiger partial charge in [0.15, 0.2) is 0 Å². The molecule has 1 aliphatic rings. The molecule has 1 fully saturated rings. The zero-order valence-electron chi connectivity index (χ0n) is 41.0. The molecule has 74 heavy (non-hydrogen) atoms. The Labute approximate surface area is 431 Å². The van der Waals surface area contributed by atoms with Gasteiger partial charge in [-0.2, -0.15) is 0 Å². The molecular weight excluding hydrogens is 929 g/mol. The van der Waals surface area contributed by atoms with E-state index in [1.165, 1.54) is 18.2 Å². The number of hydrogen-bond donors (Lipinski definition) is 2. The van der Waals surface area contributed by atoms with E-state index in [0.717, 1.165) is 52.6 Å². The number of amides is 2. The molecule has 0 aliphatic heterocycles. The molecule has 0 heterocycles. The van der Waals surface area contributed by atoms with Gasteiger partial charge in [-0.3, -0.25) is 14.4 Å². The Balaban J connectivity index is 1.04. The average Bonchev–Trinajstić information content (AvgIpc) is 3.91. The molecule has 8 aromatic rings. The number of nitrogens with one attached hydrogen (secondary N) is 2. The summed E-state index contributed by atoms with van der Waals surface area (Å²) in [6, 6.07) is 60.7. The van der Waals surface area contributed by atoms with Crippen LogP contribution in [0, 0.1) is 5.92 Å². The van der Waals surface area contributed by atoms with E-state index in [2.05, 4.69) is 10.6 Å². The lowest BCUT2D eigenvalue weighted by atomic mass is 9.94. The van der Waals surface area contributed by atoms with Gasteiger partial charge in [-0.25, -0.2) is 4.79 Å². The minimum Gasteiger partial charge on any atom is -0.496 e. The molecule has 0 radical (unpaired) electrons. The SMILES string of the molecule is COc1cc(-c2ccccc2)ccc1C(=O)NC1CCCC1CNC(=O)c1cc(OCc2ccccc2)c(C(=O)c2c(OCc3ccccc3)cccc2C(=O)OCc2ccccc2)c(OCc2ccccc2)c1. The minimum atomic E-state index is -0.738. The van der Waals surface area contributed by atoms with E-state index in [1.54, 1.807) is 25.3 Å². The molecule has 1 saturated carbocycles. The van der Waals surface area contributed by atoms with Crippen LogP contribution >= 0.6 is 0 Å². The van der Waals surface area contributed by atoms with Gasteiger partial charge in [-0.1, -0.05) is 170 Å². The van der Waals surface area contributed by atoms with Crippen molar-refractivity contribution in [1.29, 1.82) is 0 Å². The van der Waals surface area contributed by atoms with Crippen molar-refractivity contribution in [2.75, 3.05) is 13.7 Å². The van der Waals surface area contributed by atoms with Crippen molar-refractivity contribution in [2.45, 2.75) is 51.7 Å². The van der Waals surface area contributed by atoms with Gasteiger partial charge in [0.05, 0.1) is 23.8 Å². The number of ketones is 1. The molecule has 2 unspecified atom stereocenters. The maximum atomic E-state index is 15.7. The van der Waals surface area contributed by atoms with Crippen molar-refractivity contribution < 1.29 is 42.9 Å². The van der Waals surface area contributed by atoms with E-state index in [9.17, 15) is 14.4 Å². The Morgan fingerprint density at radius 1 is 0.473 bits per heavy atom. The summed E-state index contributed by atoms with van der Waals surface area (Å²) in [5.41, 5.74) is 5.66. The molecular formula is C63H56N2O9. The second-order valence-corrected chi connectivity index (χ2v) is 18.0. The molecule has 0 saturated heterocycles. The number of rotatable bonds is 21. The fourth-order valence-electron chi connectivity index (χ4n) is 9.09. The van der Waals surface area contributed by atoms with Crippen LogP contribution in [0.15, 0.2) is 200 Å². The normalized spacial score (nSPS) is 13.8. The van der Waals surface area contributed by atoms with E-state index < -0.39 is 17.7 Å². The van der Waals surface area contributed by atoms with Gasteiger partial charge in [0.2, 0.25) is 5.78 Å². The average molecular weight is 985 g/mol. The largest absolute Gasteiger partial charge is 0.496 e. The lowest BCUT2D eigenvalue weighted by Gasteiger charge is -2.23. The predicted octanol–water partition coefficient (Wildman–Crippen LogP) is 12.0. The van der Waals surface area contributed by atoms with Gasteiger partial charge in [0, 0.05) is 18.2 Å². The number of esters is 1. The van der Waals surface area contributed by atoms with Crippen LogP contribution in [0.3, 0.4) is 0 Å². The van der Waals surface area contributed by atoms with Gasteiger partial charge in [0.1, 0.15) is 55.0 Å². The first-order valence-electron chi connectivity index (χ1n) is 24.7. The standard InChI is InChI=1S/C63H56N2O9/c1-70-55-35-48(47-27-15-6-16-28-47)33-34-51(55)62(68)65-53-31-17-29-49(53)38-64-61(67)50-36-56(72-40-44-21-9-3-10-22-44)59(57(37-50)73-41-45-23-11-4-12-24-45)60(66)58-52(63(69)74-42-46-25-13-5-14-26-46)30-18-32-54(58)71-39-43-19-7-2-8-20-43/h2-16,18-28,30,32-37,49,53H,17,29,31,38-42H2,1H3,(H,64,67)(H,65,68). The van der Waals surface area contributed by atoms with Crippen molar-refractivity contribution in [2.24, 2.45) is 5.92 Å². The second-order valence-electron chi connectivity index (χ2n) is 18.0. The molecule has 0 spiro atoms. The number of benzene rings is 8. The van der Waals surface area contributed by atoms with E-state index >= 15 is 4.79 Å². The van der Waals surface area contributed by atoms with Crippen molar-refractivity contribution in [3.8, 4) is 34.1 Å². The third-order valence-electron chi connectivity index (χ3n) is 13.0. The number of carbonyl (C=O) groups is 4. The van der Waals surface area contributed by atoms with Gasteiger partial charge < -0.3 is 34.3 Å². The molecule has 2 atom stereocenters. The summed E-state index contributed by atoms with van der Waals surface area (Å²) >= 11 is 0. The topological polar surface area (TPSA) is 138 Å². The van der Waals surface area contributed by atoms with Crippen LogP contribution in [0.25, 0.3) is 11.1 Å². The molecule has 1 aliphatic carbocycles. The van der Waals surface area contributed by atoms with E-state index in [-0.39, 0.29) is 90.3 Å². The molecule has 11 heteroatoms. The molecule has 0 bridgehead atoms. The Bertz CT molecular complexity index is 3120. The van der Waals surface area contributed by atoms with Crippen LogP contribution in [-0.4, -0.2) is 43.3 Å². The van der Waals surface area contributed by atoms with E-state index in [4.69, 9.17) is 23.7 Å². The Hall–Kier alpha value is -8.96. The van der Waals surface area contributed by atoms with Gasteiger partial charge in [-0.15, -0.1) is 0 Å². The van der Waals surface area contributed by atoms with Crippen LogP contribution in [0.1, 0.15) is 88.5 Å². The van der Waals surface area contributed by atoms with Gasteiger partial charge in [0.25, 0.3) is 11.8 Å². The van der Waals surface area contributed by atoms with E-state index in [0.29, 0.717) is 11.3 Å². The zero-order chi connectivity index (χ0) is 51.1. The van der Waals surface area contributed by atoms with E-state index in [1.807, 2.05) is 164 Å². The molecule has 2 N–H and O–H groups in total. The lowest BCUT2D eigenvalue weighted by Crippen LogP contribution is -2.42. The number of ether oxygens (including phenoxy) is 5. The van der Waals surface area contributed by atoms with Crippen LogP contribution in [0.2, 0.25) is 0 Å². The Kier molecular flexibility index (Phi) is 16.5. The fourth-order valence-corrected chi connectivity index (χ4v) is 9.09. The third-order valence-corrected chi connectivity index (χ3v) is 13.0. The Morgan fingerprint density at radius 2 is 1.00 bits per heavy atom. The smallest absolute Gasteiger partial charge is 0.339 e. The van der Waals surface area contributed by atoms with Crippen molar-refractivity contribution >= 4 is 23.6 Å². The highest BCUT2D eigenvalue weighted by Gasteiger charge is 2.33. The van der Waals surface area contributed by atoms with Crippen LogP contribution in [0.5, 0.6) is 23.0 Å². The maximum absolute atomic E-state index is 15.7. The minimum absolute atomic E-state index is 0.0212. The zero-order valence-corrected chi connectivity index (χ0v) is 41.0. The van der Waals surface area contributed by atoms with Gasteiger partial charge in [-0.05, 0) is 88.5 Å². The molecule has 0 aromatic heterocycles. The summed E-state index contributed by atoms with van der Waals surface area (Å²) in [5, 5.41) is 6.34. The van der Waals surface area contributed by atoms with Crippen molar-refractivity contribution in [1.82, 2.24) is 10.6 Å². The quantitative estimate of drug-likeness (QED) is 0.0532. The summed E-state index contributed by atoms with van der Waals surface area (Å²) in [6.45, 7) is 0.390. The summed E-state index contributed by atoms with van der Waals surface area (Å²) in [5.74, 6) is -1.45. The monoisotopic (exact) mass is 984 g/mol. The number of carbonyl (C=O) groups excluding carboxylic acids is 4. The van der Waals surface area contributed by atoms with Crippen LogP contribution in [0.4, 0.5) is 0 Å². The summed E-state index contributed by atoms with van der Waals surface area (Å²) in [7, 11) is 1.55. The molecule has 372 valence electrons. The first-order chi connectivity index (χ1) is 36.3. The number of methoxy groups -OCH3 is 1. The van der Waals surface area contributed by atoms with Gasteiger partial charge >= 0.3 is 5.97 Å². The van der Waals surface area contributed by atoms with Crippen LogP contribution < -0.4 is 29.6 Å². The molecule has 8 aromatic carbocycles. The Morgan fingerprint density at radius 3 is 1.55 bits per heavy atom. The highest BCUT2D eigenvalue weighted by molar-refractivity contribution is 6.19. The van der Waals surface area contributed by atoms with Crippen molar-refractivity contribution in [3.05, 3.63) is 250 Å². The maximum Gasteiger partial charge on any atom is 0.339 e. The van der Waals surface area contributed by atoms with Crippen LogP contribution in [-0.2, 0) is 31.2 Å². The third kappa shape index (κ3) is 12.6. The highest BCUT2D eigenvalue weighted by atomic mass is 16.5. The summed E-state index contributed by atoms with van der Waals surface area (Å²) < 4.78 is 31.0. The fraction of sp³-hybridized carbons (Fsp3) is 0.175. The molecule has 11 nitrogen and oxygen atoms in total. The first-order valence-corrected chi connectivity index (χ1v) is 24.7.